The van der Waals surface area contributed by atoms with Crippen LogP contribution in [0.15, 0.2) is 97.2 Å². The third-order valence-electron chi connectivity index (χ3n) is 7.93. The molecule has 0 amide bonds. The fraction of sp³-hybridized carbons (Fsp3) is 0.581. The van der Waals surface area contributed by atoms with E-state index in [0.29, 0.717) is 19.3 Å². The zero-order chi connectivity index (χ0) is 40.8. The minimum absolute atomic E-state index is 0.0743. The SMILES string of the molecule is CC/C=C\C[C@H](O)/C=C/C=C/C=C\C=C/[C@@H](O)[C@H](O)CCCC(=O)O[C@H](COC(=O)CCC/C=C\C/C=C\C/C=C\CCCCCCCC)COP(=O)(O)O. The van der Waals surface area contributed by atoms with E-state index in [-0.39, 0.29) is 25.7 Å². The third kappa shape index (κ3) is 37.5. The Bertz CT molecular complexity index is 1260. The molecule has 0 saturated heterocycles. The van der Waals surface area contributed by atoms with Crippen molar-refractivity contribution in [1.29, 1.82) is 0 Å². The van der Waals surface area contributed by atoms with E-state index in [4.69, 9.17) is 19.3 Å². The highest BCUT2D eigenvalue weighted by Crippen LogP contribution is 2.36. The highest BCUT2D eigenvalue weighted by Gasteiger charge is 2.23. The average molecular weight is 793 g/mol. The van der Waals surface area contributed by atoms with E-state index in [1.807, 2.05) is 31.2 Å². The Morgan fingerprint density at radius 3 is 1.87 bits per heavy atom. The van der Waals surface area contributed by atoms with Gasteiger partial charge in [0, 0.05) is 12.8 Å². The number of esters is 2. The molecule has 0 saturated carbocycles. The van der Waals surface area contributed by atoms with Gasteiger partial charge in [-0.1, -0.05) is 143 Å². The molecule has 0 radical (unpaired) electrons. The molecule has 0 heterocycles. The molecule has 0 aliphatic heterocycles. The maximum atomic E-state index is 12.4. The summed E-state index contributed by atoms with van der Waals surface area (Å²) in [5.41, 5.74) is 0. The molecule has 55 heavy (non-hydrogen) atoms. The van der Waals surface area contributed by atoms with Gasteiger partial charge in [0.05, 0.1) is 24.9 Å². The first kappa shape index (κ1) is 51.9. The van der Waals surface area contributed by atoms with E-state index in [9.17, 15) is 29.5 Å². The average Bonchev–Trinajstić information content (AvgIpc) is 3.14. The van der Waals surface area contributed by atoms with E-state index in [1.54, 1.807) is 42.5 Å². The maximum absolute atomic E-state index is 12.4. The number of aliphatic hydroxyl groups is 3. The van der Waals surface area contributed by atoms with Crippen LogP contribution in [0, 0.1) is 0 Å². The van der Waals surface area contributed by atoms with Crippen molar-refractivity contribution >= 4 is 19.8 Å². The Morgan fingerprint density at radius 2 is 1.22 bits per heavy atom. The number of rotatable bonds is 34. The van der Waals surface area contributed by atoms with Crippen molar-refractivity contribution in [3.8, 4) is 0 Å². The van der Waals surface area contributed by atoms with E-state index < -0.39 is 57.4 Å². The van der Waals surface area contributed by atoms with Gasteiger partial charge < -0.3 is 34.6 Å². The Balaban J connectivity index is 4.40. The first-order valence-corrected chi connectivity index (χ1v) is 21.4. The van der Waals surface area contributed by atoms with Crippen molar-refractivity contribution in [1.82, 2.24) is 0 Å². The lowest BCUT2D eigenvalue weighted by atomic mass is 10.1. The molecule has 0 bridgehead atoms. The molecule has 0 spiro atoms. The summed E-state index contributed by atoms with van der Waals surface area (Å²) >= 11 is 0. The second kappa shape index (κ2) is 36.5. The second-order valence-electron chi connectivity index (χ2n) is 13.1. The topological polar surface area (TPSA) is 180 Å². The lowest BCUT2D eigenvalue weighted by Crippen LogP contribution is -2.29. The summed E-state index contributed by atoms with van der Waals surface area (Å²) in [6.07, 6.45) is 39.4. The molecule has 11 nitrogen and oxygen atoms in total. The van der Waals surface area contributed by atoms with Crippen LogP contribution < -0.4 is 0 Å². The van der Waals surface area contributed by atoms with E-state index >= 15 is 0 Å². The minimum Gasteiger partial charge on any atom is -0.462 e. The molecular formula is C43H69O11P. The summed E-state index contributed by atoms with van der Waals surface area (Å²) in [7, 11) is -4.87. The lowest BCUT2D eigenvalue weighted by Gasteiger charge is -2.19. The Morgan fingerprint density at radius 1 is 0.636 bits per heavy atom. The van der Waals surface area contributed by atoms with Crippen molar-refractivity contribution < 1.29 is 53.3 Å². The van der Waals surface area contributed by atoms with E-state index in [1.165, 1.54) is 44.6 Å². The van der Waals surface area contributed by atoms with Gasteiger partial charge in [-0.25, -0.2) is 4.57 Å². The van der Waals surface area contributed by atoms with Crippen molar-refractivity contribution in [2.24, 2.45) is 0 Å². The first-order chi connectivity index (χ1) is 26.5. The molecule has 0 rings (SSSR count). The second-order valence-corrected chi connectivity index (χ2v) is 14.3. The molecule has 12 heteroatoms. The van der Waals surface area contributed by atoms with Crippen LogP contribution in [0.25, 0.3) is 0 Å². The van der Waals surface area contributed by atoms with Gasteiger partial charge in [-0.3, -0.25) is 14.1 Å². The number of ether oxygens (including phenoxy) is 2. The molecule has 5 N–H and O–H groups in total. The fourth-order valence-electron chi connectivity index (χ4n) is 4.85. The number of hydrogen-bond donors (Lipinski definition) is 5. The first-order valence-electron chi connectivity index (χ1n) is 19.9. The molecule has 0 unspecified atom stereocenters. The summed E-state index contributed by atoms with van der Waals surface area (Å²) in [5, 5.41) is 30.2. The van der Waals surface area contributed by atoms with Gasteiger partial charge in [0.2, 0.25) is 0 Å². The summed E-state index contributed by atoms with van der Waals surface area (Å²) < 4.78 is 26.1. The van der Waals surface area contributed by atoms with Crippen LogP contribution in [0.1, 0.15) is 123 Å². The number of phosphoric ester groups is 1. The number of phosphoric acid groups is 1. The van der Waals surface area contributed by atoms with Gasteiger partial charge in [0.15, 0.2) is 6.10 Å². The van der Waals surface area contributed by atoms with E-state index in [0.717, 1.165) is 25.7 Å². The van der Waals surface area contributed by atoms with Gasteiger partial charge in [0.25, 0.3) is 0 Å². The third-order valence-corrected chi connectivity index (χ3v) is 8.41. The molecule has 0 aliphatic rings. The highest BCUT2D eigenvalue weighted by molar-refractivity contribution is 7.46. The van der Waals surface area contributed by atoms with Crippen molar-refractivity contribution in [2.45, 2.75) is 147 Å². The van der Waals surface area contributed by atoms with Crippen molar-refractivity contribution in [2.75, 3.05) is 13.2 Å². The summed E-state index contributed by atoms with van der Waals surface area (Å²) in [4.78, 5) is 42.8. The molecule has 0 aromatic carbocycles. The standard InChI is InChI=1S/C43H69O11P/c1-3-5-7-8-9-10-11-12-13-14-15-16-17-18-19-24-28-34-42(47)52-36-39(37-53-55(49,50)51)54-43(48)35-29-33-41(46)40(45)32-27-23-21-20-22-26-31-38(44)30-25-6-4-2/h6,12-13,15-16,18-23,25-27,31-32,38-41,44-46H,3-5,7-11,14,17,24,28-30,33-37H2,1-2H3,(H2,49,50,51)/b13-12-,16-15-,19-18-,22-20+,23-21-,25-6-,31-26+,32-27-/t38-,39+,40+,41+/m0/s1. The number of carbonyl (C=O) groups excluding carboxylic acids is 2. The normalized spacial score (nSPS) is 15.3. The monoisotopic (exact) mass is 792 g/mol. The summed E-state index contributed by atoms with van der Waals surface area (Å²) in [5.74, 6) is -1.29. The lowest BCUT2D eigenvalue weighted by molar-refractivity contribution is -0.161. The number of hydrogen-bond acceptors (Lipinski definition) is 9. The van der Waals surface area contributed by atoms with Gasteiger partial charge in [0.1, 0.15) is 6.61 Å². The number of allylic oxidation sites excluding steroid dienone is 13. The number of carbonyl (C=O) groups is 2. The van der Waals surface area contributed by atoms with Gasteiger partial charge in [-0.15, -0.1) is 0 Å². The van der Waals surface area contributed by atoms with Crippen LogP contribution >= 0.6 is 7.82 Å². The van der Waals surface area contributed by atoms with Crippen LogP contribution in [0.2, 0.25) is 0 Å². The maximum Gasteiger partial charge on any atom is 0.469 e. The molecule has 0 fully saturated rings. The fourth-order valence-corrected chi connectivity index (χ4v) is 5.21. The van der Waals surface area contributed by atoms with E-state index in [2.05, 4.69) is 35.8 Å². The van der Waals surface area contributed by atoms with Crippen LogP contribution in [0.3, 0.4) is 0 Å². The molecule has 4 atom stereocenters. The molecule has 0 aromatic heterocycles. The predicted molar refractivity (Wildman–Crippen MR) is 220 cm³/mol. The molecule has 0 aromatic rings. The Hall–Kier alpha value is -3.15. The van der Waals surface area contributed by atoms with Gasteiger partial charge in [-0.05, 0) is 64.2 Å². The van der Waals surface area contributed by atoms with Gasteiger partial charge >= 0.3 is 19.8 Å². The summed E-state index contributed by atoms with van der Waals surface area (Å²) in [6.45, 7) is 3.13. The molecule has 312 valence electrons. The zero-order valence-electron chi connectivity index (χ0n) is 33.1. The highest BCUT2D eigenvalue weighted by atomic mass is 31.2. The van der Waals surface area contributed by atoms with Gasteiger partial charge in [-0.2, -0.15) is 0 Å². The number of aliphatic hydroxyl groups excluding tert-OH is 3. The van der Waals surface area contributed by atoms with Crippen LogP contribution in [0.4, 0.5) is 0 Å². The quantitative estimate of drug-likeness (QED) is 0.0138. The Kier molecular flexibility index (Phi) is 34.4. The van der Waals surface area contributed by atoms with Crippen molar-refractivity contribution in [3.63, 3.8) is 0 Å². The zero-order valence-corrected chi connectivity index (χ0v) is 34.0. The largest absolute Gasteiger partial charge is 0.469 e. The minimum atomic E-state index is -4.87. The van der Waals surface area contributed by atoms with Crippen molar-refractivity contribution in [3.05, 3.63) is 97.2 Å². The Labute approximate surface area is 330 Å². The van der Waals surface area contributed by atoms with Crippen LogP contribution in [-0.4, -0.2) is 74.7 Å². The molecular weight excluding hydrogens is 723 g/mol. The summed E-state index contributed by atoms with van der Waals surface area (Å²) in [6, 6.07) is 0. The number of unbranched alkanes of at least 4 members (excludes halogenated alkanes) is 7. The van der Waals surface area contributed by atoms with Crippen LogP contribution in [0.5, 0.6) is 0 Å². The smallest absolute Gasteiger partial charge is 0.462 e. The predicted octanol–water partition coefficient (Wildman–Crippen LogP) is 8.75. The van der Waals surface area contributed by atoms with Crippen LogP contribution in [-0.2, 0) is 28.2 Å². The molecule has 0 aliphatic carbocycles.